The summed E-state index contributed by atoms with van der Waals surface area (Å²) < 4.78 is 5.17. The molecule has 1 aliphatic heterocycles. The third-order valence-corrected chi connectivity index (χ3v) is 4.62. The smallest absolute Gasteiger partial charge is 0.213 e. The fourth-order valence-electron chi connectivity index (χ4n) is 3.11. The largest absolute Gasteiger partial charge is 0.481 e. The van der Waals surface area contributed by atoms with Crippen LogP contribution in [-0.2, 0) is 6.54 Å². The first-order chi connectivity index (χ1) is 12.7. The zero-order chi connectivity index (χ0) is 18.4. The number of ether oxygens (including phenoxy) is 1. The van der Waals surface area contributed by atoms with Gasteiger partial charge in [-0.3, -0.25) is 4.99 Å². The van der Waals surface area contributed by atoms with E-state index in [1.165, 1.54) is 11.3 Å². The van der Waals surface area contributed by atoms with Gasteiger partial charge in [0.25, 0.3) is 0 Å². The standard InChI is InChI=1S/C20H27N5O/c1-15-4-6-18(7-5-15)25-11-9-17(14-25)24-20(21-2)23-13-16-8-10-22-19(12-16)26-3/h4-8,10,12,17H,9,11,13-14H2,1-3H3,(H2,21,23,24). The topological polar surface area (TPSA) is 61.8 Å². The molecule has 1 fully saturated rings. The summed E-state index contributed by atoms with van der Waals surface area (Å²) in [5.41, 5.74) is 3.68. The number of methoxy groups -OCH3 is 1. The summed E-state index contributed by atoms with van der Waals surface area (Å²) in [4.78, 5) is 10.9. The average Bonchev–Trinajstić information content (AvgIpc) is 3.14. The Morgan fingerprint density at radius 1 is 1.31 bits per heavy atom. The highest BCUT2D eigenvalue weighted by Gasteiger charge is 2.23. The minimum absolute atomic E-state index is 0.384. The van der Waals surface area contributed by atoms with E-state index in [0.29, 0.717) is 18.5 Å². The van der Waals surface area contributed by atoms with E-state index in [1.807, 2.05) is 12.1 Å². The van der Waals surface area contributed by atoms with E-state index in [-0.39, 0.29) is 0 Å². The molecular weight excluding hydrogens is 326 g/mol. The van der Waals surface area contributed by atoms with Crippen molar-refractivity contribution in [2.75, 3.05) is 32.1 Å². The van der Waals surface area contributed by atoms with Gasteiger partial charge in [-0.05, 0) is 37.1 Å². The van der Waals surface area contributed by atoms with E-state index in [0.717, 1.165) is 31.0 Å². The number of hydrogen-bond acceptors (Lipinski definition) is 4. The van der Waals surface area contributed by atoms with Crippen LogP contribution in [0.15, 0.2) is 47.6 Å². The first-order valence-corrected chi connectivity index (χ1v) is 8.95. The van der Waals surface area contributed by atoms with E-state index in [4.69, 9.17) is 4.74 Å². The molecule has 1 saturated heterocycles. The van der Waals surface area contributed by atoms with Gasteiger partial charge in [0, 0.05) is 50.7 Å². The first-order valence-electron chi connectivity index (χ1n) is 8.95. The highest BCUT2D eigenvalue weighted by atomic mass is 16.5. The second-order valence-corrected chi connectivity index (χ2v) is 6.54. The quantitative estimate of drug-likeness (QED) is 0.638. The van der Waals surface area contributed by atoms with Crippen LogP contribution < -0.4 is 20.3 Å². The van der Waals surface area contributed by atoms with Crippen molar-refractivity contribution in [3.05, 3.63) is 53.7 Å². The SMILES string of the molecule is CN=C(NCc1ccnc(OC)c1)NC1CCN(c2ccc(C)cc2)C1. The number of anilines is 1. The van der Waals surface area contributed by atoms with Crippen molar-refractivity contribution in [3.8, 4) is 5.88 Å². The van der Waals surface area contributed by atoms with Gasteiger partial charge in [-0.2, -0.15) is 0 Å². The Bertz CT molecular complexity index is 744. The first kappa shape index (κ1) is 18.0. The van der Waals surface area contributed by atoms with Crippen LogP contribution in [-0.4, -0.2) is 44.2 Å². The molecule has 1 unspecified atom stereocenters. The summed E-state index contributed by atoms with van der Waals surface area (Å²) in [6.07, 6.45) is 2.85. The number of nitrogens with zero attached hydrogens (tertiary/aromatic N) is 3. The lowest BCUT2D eigenvalue weighted by Crippen LogP contribution is -2.44. The van der Waals surface area contributed by atoms with Gasteiger partial charge in [-0.15, -0.1) is 0 Å². The molecular formula is C20H27N5O. The summed E-state index contributed by atoms with van der Waals surface area (Å²) in [5.74, 6) is 1.44. The highest BCUT2D eigenvalue weighted by molar-refractivity contribution is 5.80. The van der Waals surface area contributed by atoms with Gasteiger partial charge < -0.3 is 20.3 Å². The van der Waals surface area contributed by atoms with E-state index in [1.54, 1.807) is 20.4 Å². The molecule has 2 aromatic rings. The van der Waals surface area contributed by atoms with Crippen molar-refractivity contribution >= 4 is 11.6 Å². The molecule has 1 atom stereocenters. The van der Waals surface area contributed by atoms with Crippen LogP contribution >= 0.6 is 0 Å². The lowest BCUT2D eigenvalue weighted by molar-refractivity contribution is 0.397. The summed E-state index contributed by atoms with van der Waals surface area (Å²) in [5, 5.41) is 6.89. The second kappa shape index (κ2) is 8.56. The Kier molecular flexibility index (Phi) is 5.94. The van der Waals surface area contributed by atoms with Gasteiger partial charge >= 0.3 is 0 Å². The van der Waals surface area contributed by atoms with Crippen LogP contribution in [0.1, 0.15) is 17.5 Å². The molecule has 1 aliphatic rings. The van der Waals surface area contributed by atoms with Crippen molar-refractivity contribution in [2.45, 2.75) is 25.9 Å². The summed E-state index contributed by atoms with van der Waals surface area (Å²) in [6.45, 7) is 4.82. The molecule has 0 spiro atoms. The van der Waals surface area contributed by atoms with E-state index in [2.05, 4.69) is 56.7 Å². The normalized spacial score (nSPS) is 17.3. The molecule has 0 bridgehead atoms. The Labute approximate surface area is 155 Å². The Morgan fingerprint density at radius 2 is 2.12 bits per heavy atom. The highest BCUT2D eigenvalue weighted by Crippen LogP contribution is 2.20. The maximum atomic E-state index is 5.17. The lowest BCUT2D eigenvalue weighted by Gasteiger charge is -2.20. The summed E-state index contributed by atoms with van der Waals surface area (Å²) in [6, 6.07) is 13.0. The second-order valence-electron chi connectivity index (χ2n) is 6.54. The number of rotatable bonds is 5. The molecule has 1 aromatic heterocycles. The molecule has 6 nitrogen and oxygen atoms in total. The van der Waals surface area contributed by atoms with Crippen LogP contribution in [0, 0.1) is 6.92 Å². The predicted molar refractivity (Wildman–Crippen MR) is 106 cm³/mol. The van der Waals surface area contributed by atoms with Gasteiger partial charge in [-0.25, -0.2) is 4.98 Å². The number of pyridine rings is 1. The minimum Gasteiger partial charge on any atom is -0.481 e. The molecule has 0 saturated carbocycles. The molecule has 0 amide bonds. The Hall–Kier alpha value is -2.76. The number of aliphatic imine (C=N–C) groups is 1. The molecule has 6 heteroatoms. The number of benzene rings is 1. The van der Waals surface area contributed by atoms with Crippen LogP contribution in [0.25, 0.3) is 0 Å². The van der Waals surface area contributed by atoms with Gasteiger partial charge in [0.1, 0.15) is 0 Å². The van der Waals surface area contributed by atoms with E-state index in [9.17, 15) is 0 Å². The van der Waals surface area contributed by atoms with Crippen LogP contribution in [0.4, 0.5) is 5.69 Å². The zero-order valence-electron chi connectivity index (χ0n) is 15.7. The van der Waals surface area contributed by atoms with Crippen LogP contribution in [0.2, 0.25) is 0 Å². The summed E-state index contributed by atoms with van der Waals surface area (Å²) in [7, 11) is 3.43. The maximum Gasteiger partial charge on any atom is 0.213 e. The number of nitrogens with one attached hydrogen (secondary N) is 2. The fraction of sp³-hybridized carbons (Fsp3) is 0.400. The third-order valence-electron chi connectivity index (χ3n) is 4.62. The maximum absolute atomic E-state index is 5.17. The number of guanidine groups is 1. The Morgan fingerprint density at radius 3 is 2.85 bits per heavy atom. The Balaban J connectivity index is 1.51. The molecule has 26 heavy (non-hydrogen) atoms. The van der Waals surface area contributed by atoms with Crippen molar-refractivity contribution in [3.63, 3.8) is 0 Å². The van der Waals surface area contributed by atoms with Crippen molar-refractivity contribution in [1.82, 2.24) is 15.6 Å². The number of hydrogen-bond donors (Lipinski definition) is 2. The van der Waals surface area contributed by atoms with Gasteiger partial charge in [0.05, 0.1) is 7.11 Å². The molecule has 138 valence electrons. The van der Waals surface area contributed by atoms with Gasteiger partial charge in [0.15, 0.2) is 5.96 Å². The van der Waals surface area contributed by atoms with E-state index < -0.39 is 0 Å². The zero-order valence-corrected chi connectivity index (χ0v) is 15.7. The van der Waals surface area contributed by atoms with Crippen molar-refractivity contribution < 1.29 is 4.74 Å². The van der Waals surface area contributed by atoms with Crippen molar-refractivity contribution in [1.29, 1.82) is 0 Å². The fourth-order valence-corrected chi connectivity index (χ4v) is 3.11. The monoisotopic (exact) mass is 353 g/mol. The molecule has 2 heterocycles. The lowest BCUT2D eigenvalue weighted by atomic mass is 10.2. The minimum atomic E-state index is 0.384. The van der Waals surface area contributed by atoms with E-state index >= 15 is 0 Å². The average molecular weight is 353 g/mol. The van der Waals surface area contributed by atoms with Gasteiger partial charge in [0.2, 0.25) is 5.88 Å². The number of aromatic nitrogens is 1. The molecule has 2 N–H and O–H groups in total. The molecule has 0 aliphatic carbocycles. The number of aryl methyl sites for hydroxylation is 1. The third kappa shape index (κ3) is 4.65. The molecule has 1 aromatic carbocycles. The predicted octanol–water partition coefficient (Wildman–Crippen LogP) is 2.34. The van der Waals surface area contributed by atoms with Gasteiger partial charge in [-0.1, -0.05) is 17.7 Å². The molecule has 3 rings (SSSR count). The van der Waals surface area contributed by atoms with Crippen LogP contribution in [0.5, 0.6) is 5.88 Å². The summed E-state index contributed by atoms with van der Waals surface area (Å²) >= 11 is 0. The van der Waals surface area contributed by atoms with Crippen LogP contribution in [0.3, 0.4) is 0 Å². The van der Waals surface area contributed by atoms with Crippen molar-refractivity contribution in [2.24, 2.45) is 4.99 Å². The molecule has 0 radical (unpaired) electrons.